The molecule has 120 valence electrons. The molecule has 6 heteroatoms. The number of carbonyl (C=O) groups excluding carboxylic acids is 2. The molecule has 0 bridgehead atoms. The lowest BCUT2D eigenvalue weighted by Gasteiger charge is -2.20. The third kappa shape index (κ3) is 4.93. The predicted octanol–water partition coefficient (Wildman–Crippen LogP) is 2.44. The van der Waals surface area contributed by atoms with Crippen LogP contribution in [0, 0.1) is 11.3 Å². The van der Waals surface area contributed by atoms with E-state index in [0.29, 0.717) is 26.2 Å². The van der Waals surface area contributed by atoms with Gasteiger partial charge in [-0.05, 0) is 24.1 Å². The highest BCUT2D eigenvalue weighted by Crippen LogP contribution is 2.17. The van der Waals surface area contributed by atoms with Crippen LogP contribution in [0.2, 0.25) is 0 Å². The van der Waals surface area contributed by atoms with Gasteiger partial charge in [0.1, 0.15) is 6.42 Å². The van der Waals surface area contributed by atoms with Gasteiger partial charge < -0.3 is 9.80 Å². The van der Waals surface area contributed by atoms with Crippen LogP contribution < -0.4 is 0 Å². The van der Waals surface area contributed by atoms with E-state index >= 15 is 0 Å². The zero-order chi connectivity index (χ0) is 16.7. The summed E-state index contributed by atoms with van der Waals surface area (Å²) in [5.74, 6) is -0.221. The van der Waals surface area contributed by atoms with Crippen LogP contribution in [-0.4, -0.2) is 47.8 Å². The molecule has 0 saturated carbocycles. The van der Waals surface area contributed by atoms with Crippen LogP contribution in [0.4, 0.5) is 0 Å². The highest BCUT2D eigenvalue weighted by atomic mass is 79.9. The van der Waals surface area contributed by atoms with Crippen LogP contribution in [0.1, 0.15) is 18.4 Å². The second-order valence-corrected chi connectivity index (χ2v) is 6.10. The SMILES string of the molecule is N#CCC(=O)N1CCCN(C(=O)/C=C/c2ccccc2Br)CC1. The Balaban J connectivity index is 1.95. The fourth-order valence-electron chi connectivity index (χ4n) is 2.44. The molecule has 1 heterocycles. The molecule has 1 aliphatic rings. The summed E-state index contributed by atoms with van der Waals surface area (Å²) in [6, 6.07) is 9.57. The van der Waals surface area contributed by atoms with Crippen molar-refractivity contribution in [2.24, 2.45) is 0 Å². The zero-order valence-electron chi connectivity index (χ0n) is 12.7. The first-order chi connectivity index (χ1) is 11.1. The van der Waals surface area contributed by atoms with Gasteiger partial charge in [-0.2, -0.15) is 5.26 Å². The minimum absolute atomic E-state index is 0.0599. The highest BCUT2D eigenvalue weighted by Gasteiger charge is 2.20. The first kappa shape index (κ1) is 17.2. The van der Waals surface area contributed by atoms with E-state index < -0.39 is 0 Å². The van der Waals surface area contributed by atoms with Gasteiger partial charge in [0, 0.05) is 36.7 Å². The van der Waals surface area contributed by atoms with Gasteiger partial charge in [0.2, 0.25) is 11.8 Å². The number of amides is 2. The Morgan fingerprint density at radius 1 is 1.17 bits per heavy atom. The zero-order valence-corrected chi connectivity index (χ0v) is 14.3. The predicted molar refractivity (Wildman–Crippen MR) is 91.2 cm³/mol. The summed E-state index contributed by atoms with van der Waals surface area (Å²) < 4.78 is 0.938. The summed E-state index contributed by atoms with van der Waals surface area (Å²) in [6.07, 6.45) is 3.98. The van der Waals surface area contributed by atoms with Crippen molar-refractivity contribution in [3.05, 3.63) is 40.4 Å². The van der Waals surface area contributed by atoms with Crippen LogP contribution in [0.5, 0.6) is 0 Å². The number of hydrogen-bond acceptors (Lipinski definition) is 3. The first-order valence-corrected chi connectivity index (χ1v) is 8.27. The molecule has 1 aromatic rings. The van der Waals surface area contributed by atoms with E-state index in [-0.39, 0.29) is 18.2 Å². The number of carbonyl (C=O) groups is 2. The molecule has 2 rings (SSSR count). The molecule has 0 N–H and O–H groups in total. The van der Waals surface area contributed by atoms with Crippen molar-refractivity contribution in [1.29, 1.82) is 5.26 Å². The standard InChI is InChI=1S/C17H18BrN3O2/c18-15-5-2-1-4-14(15)6-7-16(22)20-10-3-11-21(13-12-20)17(23)8-9-19/h1-2,4-7H,3,8,10-13H2/b7-6+. The van der Waals surface area contributed by atoms with Gasteiger partial charge in [0.05, 0.1) is 6.07 Å². The van der Waals surface area contributed by atoms with Crippen molar-refractivity contribution in [3.63, 3.8) is 0 Å². The number of nitrogens with zero attached hydrogens (tertiary/aromatic N) is 3. The molecule has 23 heavy (non-hydrogen) atoms. The molecule has 1 aromatic carbocycles. The van der Waals surface area contributed by atoms with E-state index in [2.05, 4.69) is 15.9 Å². The molecule has 0 spiro atoms. The number of hydrogen-bond donors (Lipinski definition) is 0. The van der Waals surface area contributed by atoms with Crippen molar-refractivity contribution in [2.45, 2.75) is 12.8 Å². The van der Waals surface area contributed by atoms with Gasteiger partial charge >= 0.3 is 0 Å². The first-order valence-electron chi connectivity index (χ1n) is 7.48. The molecule has 2 amide bonds. The topological polar surface area (TPSA) is 64.4 Å². The Hall–Kier alpha value is -2.13. The molecule has 0 aromatic heterocycles. The smallest absolute Gasteiger partial charge is 0.246 e. The van der Waals surface area contributed by atoms with Crippen LogP contribution in [0.15, 0.2) is 34.8 Å². The monoisotopic (exact) mass is 375 g/mol. The number of benzene rings is 1. The maximum Gasteiger partial charge on any atom is 0.246 e. The molecular weight excluding hydrogens is 358 g/mol. The van der Waals surface area contributed by atoms with Crippen molar-refractivity contribution < 1.29 is 9.59 Å². The second kappa shape index (κ2) is 8.49. The summed E-state index contributed by atoms with van der Waals surface area (Å²) in [7, 11) is 0. The van der Waals surface area contributed by atoms with Crippen molar-refractivity contribution in [3.8, 4) is 6.07 Å². The van der Waals surface area contributed by atoms with E-state index in [4.69, 9.17) is 5.26 Å². The van der Waals surface area contributed by atoms with Crippen molar-refractivity contribution in [2.75, 3.05) is 26.2 Å². The number of nitriles is 1. The van der Waals surface area contributed by atoms with Crippen LogP contribution in [0.25, 0.3) is 6.08 Å². The Morgan fingerprint density at radius 3 is 2.61 bits per heavy atom. The van der Waals surface area contributed by atoms with Crippen LogP contribution in [-0.2, 0) is 9.59 Å². The van der Waals surface area contributed by atoms with Crippen molar-refractivity contribution >= 4 is 33.8 Å². The Bertz CT molecular complexity index is 651. The largest absolute Gasteiger partial charge is 0.340 e. The van der Waals surface area contributed by atoms with Crippen LogP contribution >= 0.6 is 15.9 Å². The average molecular weight is 376 g/mol. The lowest BCUT2D eigenvalue weighted by molar-refractivity contribution is -0.131. The fraction of sp³-hybridized carbons (Fsp3) is 0.353. The third-order valence-electron chi connectivity index (χ3n) is 3.70. The summed E-state index contributed by atoms with van der Waals surface area (Å²) in [5, 5.41) is 8.60. The Kier molecular flexibility index (Phi) is 6.36. The molecule has 0 atom stereocenters. The molecule has 0 unspecified atom stereocenters. The van der Waals surface area contributed by atoms with E-state index in [1.165, 1.54) is 0 Å². The van der Waals surface area contributed by atoms with E-state index in [9.17, 15) is 9.59 Å². The molecular formula is C17H18BrN3O2. The molecule has 0 aliphatic carbocycles. The van der Waals surface area contributed by atoms with E-state index in [1.54, 1.807) is 22.0 Å². The van der Waals surface area contributed by atoms with Gasteiger partial charge in [-0.1, -0.05) is 34.1 Å². The molecule has 0 radical (unpaired) electrons. The fourth-order valence-corrected chi connectivity index (χ4v) is 2.86. The lowest BCUT2D eigenvalue weighted by atomic mass is 10.2. The van der Waals surface area contributed by atoms with Crippen molar-refractivity contribution in [1.82, 2.24) is 9.80 Å². The molecule has 1 saturated heterocycles. The summed E-state index contributed by atoms with van der Waals surface area (Å²) in [4.78, 5) is 27.5. The van der Waals surface area contributed by atoms with Gasteiger partial charge in [-0.25, -0.2) is 0 Å². The van der Waals surface area contributed by atoms with Gasteiger partial charge in [-0.15, -0.1) is 0 Å². The maximum absolute atomic E-state index is 12.3. The molecule has 1 aliphatic heterocycles. The minimum Gasteiger partial charge on any atom is -0.340 e. The minimum atomic E-state index is -0.162. The average Bonchev–Trinajstić information content (AvgIpc) is 2.80. The van der Waals surface area contributed by atoms with E-state index in [0.717, 1.165) is 16.5 Å². The van der Waals surface area contributed by atoms with Gasteiger partial charge in [0.25, 0.3) is 0 Å². The summed E-state index contributed by atoms with van der Waals surface area (Å²) >= 11 is 3.45. The summed E-state index contributed by atoms with van der Waals surface area (Å²) in [6.45, 7) is 2.19. The highest BCUT2D eigenvalue weighted by molar-refractivity contribution is 9.10. The number of halogens is 1. The normalized spacial score (nSPS) is 15.3. The third-order valence-corrected chi connectivity index (χ3v) is 4.42. The maximum atomic E-state index is 12.3. The van der Waals surface area contributed by atoms with Crippen LogP contribution in [0.3, 0.4) is 0 Å². The Morgan fingerprint density at radius 2 is 1.87 bits per heavy atom. The second-order valence-electron chi connectivity index (χ2n) is 5.25. The Labute approximate surface area is 144 Å². The lowest BCUT2D eigenvalue weighted by Crippen LogP contribution is -2.36. The summed E-state index contributed by atoms with van der Waals surface area (Å²) in [5.41, 5.74) is 0.946. The number of rotatable bonds is 3. The van der Waals surface area contributed by atoms with Gasteiger partial charge in [-0.3, -0.25) is 9.59 Å². The van der Waals surface area contributed by atoms with Gasteiger partial charge in [0.15, 0.2) is 0 Å². The quantitative estimate of drug-likeness (QED) is 0.762. The molecule has 1 fully saturated rings. The van der Waals surface area contributed by atoms with E-state index in [1.807, 2.05) is 30.3 Å². The molecule has 5 nitrogen and oxygen atoms in total.